The minimum absolute atomic E-state index is 0.132. The van der Waals surface area contributed by atoms with Gasteiger partial charge in [0.25, 0.3) is 5.91 Å². The predicted octanol–water partition coefficient (Wildman–Crippen LogP) is 2.46. The summed E-state index contributed by atoms with van der Waals surface area (Å²) in [5.41, 5.74) is 3.84. The number of carbonyl (C=O) groups is 1. The van der Waals surface area contributed by atoms with Gasteiger partial charge < -0.3 is 4.57 Å². The first-order valence-electron chi connectivity index (χ1n) is 6.28. The summed E-state index contributed by atoms with van der Waals surface area (Å²) in [7, 11) is 0. The number of carbonyl (C=O) groups excluding carboxylic acids is 1. The van der Waals surface area contributed by atoms with Crippen LogP contribution in [0.25, 0.3) is 0 Å². The summed E-state index contributed by atoms with van der Waals surface area (Å²) < 4.78 is 2.13. The Morgan fingerprint density at radius 1 is 1.16 bits per heavy atom. The Hall–Kier alpha value is -2.23. The number of nitrogens with zero attached hydrogens (tertiary/aromatic N) is 3. The summed E-state index contributed by atoms with van der Waals surface area (Å²) in [6, 6.07) is 0.132. The summed E-state index contributed by atoms with van der Waals surface area (Å²) >= 11 is 0. The van der Waals surface area contributed by atoms with Crippen LogP contribution in [0.3, 0.4) is 0 Å². The zero-order valence-corrected chi connectivity index (χ0v) is 11.2. The molecule has 0 bridgehead atoms. The van der Waals surface area contributed by atoms with Gasteiger partial charge in [-0.05, 0) is 44.1 Å². The fraction of sp³-hybridized carbons (Fsp3) is 0.267. The van der Waals surface area contributed by atoms with Crippen molar-refractivity contribution in [1.82, 2.24) is 9.55 Å². The molecular weight excluding hydrogens is 238 g/mol. The third-order valence-corrected chi connectivity index (χ3v) is 3.40. The van der Waals surface area contributed by atoms with Gasteiger partial charge in [0.15, 0.2) is 0 Å². The lowest BCUT2D eigenvalue weighted by molar-refractivity contribution is -0.113. The van der Waals surface area contributed by atoms with Crippen LogP contribution in [0.15, 0.2) is 46.6 Å². The van der Waals surface area contributed by atoms with E-state index < -0.39 is 0 Å². The summed E-state index contributed by atoms with van der Waals surface area (Å²) in [5.74, 6) is 0.799. The molecule has 2 aliphatic rings. The molecule has 1 atom stereocenters. The summed E-state index contributed by atoms with van der Waals surface area (Å²) in [6.45, 7) is 5.98. The standard InChI is InChI=1S/C15H15N3O/c1-9-6-13(18-8-10(2)16-11(18)3)7-12-4-5-14(19)17-15(9)12/h4-8,13H,1-3H3. The fourth-order valence-corrected chi connectivity index (χ4v) is 2.57. The smallest absolute Gasteiger partial charge is 0.270 e. The van der Waals surface area contributed by atoms with Gasteiger partial charge in [-0.3, -0.25) is 4.79 Å². The third kappa shape index (κ3) is 1.99. The van der Waals surface area contributed by atoms with Gasteiger partial charge in [-0.2, -0.15) is 0 Å². The monoisotopic (exact) mass is 253 g/mol. The Labute approximate surface area is 111 Å². The number of hydrogen-bond acceptors (Lipinski definition) is 2. The van der Waals surface area contributed by atoms with E-state index in [1.807, 2.05) is 33.0 Å². The number of allylic oxidation sites excluding steroid dienone is 5. The van der Waals surface area contributed by atoms with Crippen LogP contribution in [0.4, 0.5) is 0 Å². The molecule has 4 heteroatoms. The average Bonchev–Trinajstić information content (AvgIpc) is 2.69. The first-order valence-corrected chi connectivity index (χ1v) is 6.28. The minimum Gasteiger partial charge on any atom is -0.324 e. The maximum atomic E-state index is 11.3. The number of rotatable bonds is 1. The Morgan fingerprint density at radius 2 is 1.95 bits per heavy atom. The molecule has 3 rings (SSSR count). The number of fused-ring (bicyclic) bond motifs is 1. The van der Waals surface area contributed by atoms with Gasteiger partial charge in [-0.1, -0.05) is 6.08 Å². The van der Waals surface area contributed by atoms with Crippen LogP contribution < -0.4 is 0 Å². The molecule has 1 unspecified atom stereocenters. The molecule has 1 aromatic rings. The van der Waals surface area contributed by atoms with E-state index >= 15 is 0 Å². The Morgan fingerprint density at radius 3 is 2.63 bits per heavy atom. The molecule has 0 spiro atoms. The lowest BCUT2D eigenvalue weighted by Gasteiger charge is -2.22. The van der Waals surface area contributed by atoms with E-state index in [0.29, 0.717) is 0 Å². The molecular formula is C15H15N3O. The molecule has 1 aromatic heterocycles. The highest BCUT2D eigenvalue weighted by Crippen LogP contribution is 2.27. The molecule has 0 radical (unpaired) electrons. The summed E-state index contributed by atoms with van der Waals surface area (Å²) in [6.07, 6.45) is 9.62. The van der Waals surface area contributed by atoms with E-state index in [9.17, 15) is 4.79 Å². The molecule has 1 aliphatic carbocycles. The zero-order chi connectivity index (χ0) is 13.6. The van der Waals surface area contributed by atoms with E-state index in [2.05, 4.69) is 26.7 Å². The van der Waals surface area contributed by atoms with E-state index in [1.54, 1.807) is 0 Å². The predicted molar refractivity (Wildman–Crippen MR) is 74.2 cm³/mol. The van der Waals surface area contributed by atoms with Crippen LogP contribution >= 0.6 is 0 Å². The van der Waals surface area contributed by atoms with Crippen molar-refractivity contribution in [1.29, 1.82) is 0 Å². The van der Waals surface area contributed by atoms with Crippen LogP contribution in [0.2, 0.25) is 0 Å². The van der Waals surface area contributed by atoms with Crippen molar-refractivity contribution in [2.45, 2.75) is 26.8 Å². The molecule has 2 heterocycles. The van der Waals surface area contributed by atoms with Gasteiger partial charge in [0.2, 0.25) is 0 Å². The second-order valence-electron chi connectivity index (χ2n) is 4.93. The van der Waals surface area contributed by atoms with Crippen molar-refractivity contribution in [2.75, 3.05) is 0 Å². The van der Waals surface area contributed by atoms with Crippen LogP contribution in [0, 0.1) is 13.8 Å². The molecule has 96 valence electrons. The van der Waals surface area contributed by atoms with E-state index in [0.717, 1.165) is 28.4 Å². The van der Waals surface area contributed by atoms with Gasteiger partial charge in [-0.15, -0.1) is 0 Å². The SMILES string of the molecule is CC1=CC(n2cc(C)nc2C)C=C2C=CC(=O)N=C12. The highest BCUT2D eigenvalue weighted by atomic mass is 16.1. The second kappa shape index (κ2) is 4.16. The number of hydrogen-bond donors (Lipinski definition) is 0. The zero-order valence-electron chi connectivity index (χ0n) is 11.2. The van der Waals surface area contributed by atoms with Gasteiger partial charge in [0.05, 0.1) is 17.4 Å². The maximum Gasteiger partial charge on any atom is 0.270 e. The second-order valence-corrected chi connectivity index (χ2v) is 4.93. The average molecular weight is 253 g/mol. The Bertz CT molecular complexity index is 686. The lowest BCUT2D eigenvalue weighted by atomic mass is 9.92. The highest BCUT2D eigenvalue weighted by Gasteiger charge is 2.21. The lowest BCUT2D eigenvalue weighted by Crippen LogP contribution is -2.18. The van der Waals surface area contributed by atoms with Crippen molar-refractivity contribution in [2.24, 2.45) is 4.99 Å². The molecule has 4 nitrogen and oxygen atoms in total. The fourth-order valence-electron chi connectivity index (χ4n) is 2.57. The Kier molecular flexibility index (Phi) is 2.59. The molecule has 0 fully saturated rings. The Balaban J connectivity index is 2.06. The number of aliphatic imine (C=N–C) groups is 1. The van der Waals surface area contributed by atoms with Crippen LogP contribution in [0.1, 0.15) is 24.5 Å². The number of dihydropyridines is 1. The van der Waals surface area contributed by atoms with Crippen molar-refractivity contribution in [3.8, 4) is 0 Å². The molecule has 0 aromatic carbocycles. The first kappa shape index (κ1) is 11.8. The number of amides is 1. The van der Waals surface area contributed by atoms with E-state index in [1.165, 1.54) is 6.08 Å². The first-order chi connectivity index (χ1) is 9.04. The van der Waals surface area contributed by atoms with Crippen molar-refractivity contribution in [3.63, 3.8) is 0 Å². The quantitative estimate of drug-likeness (QED) is 0.772. The third-order valence-electron chi connectivity index (χ3n) is 3.40. The van der Waals surface area contributed by atoms with Gasteiger partial charge in [0, 0.05) is 12.3 Å². The molecule has 1 amide bonds. The topological polar surface area (TPSA) is 47.2 Å². The molecule has 1 aliphatic heterocycles. The molecule has 0 saturated heterocycles. The van der Waals surface area contributed by atoms with Gasteiger partial charge in [0.1, 0.15) is 5.82 Å². The van der Waals surface area contributed by atoms with Crippen molar-refractivity contribution >= 4 is 11.6 Å². The molecule has 19 heavy (non-hydrogen) atoms. The largest absolute Gasteiger partial charge is 0.324 e. The number of aryl methyl sites for hydroxylation is 2. The van der Waals surface area contributed by atoms with E-state index in [4.69, 9.17) is 0 Å². The van der Waals surface area contributed by atoms with Crippen molar-refractivity contribution in [3.05, 3.63) is 53.2 Å². The van der Waals surface area contributed by atoms with E-state index in [-0.39, 0.29) is 11.9 Å². The van der Waals surface area contributed by atoms with Crippen LogP contribution in [0.5, 0.6) is 0 Å². The van der Waals surface area contributed by atoms with Crippen LogP contribution in [-0.4, -0.2) is 21.2 Å². The minimum atomic E-state index is -0.187. The van der Waals surface area contributed by atoms with Gasteiger partial charge in [-0.25, -0.2) is 9.98 Å². The summed E-state index contributed by atoms with van der Waals surface area (Å²) in [5, 5.41) is 0. The number of aromatic nitrogens is 2. The maximum absolute atomic E-state index is 11.3. The van der Waals surface area contributed by atoms with Gasteiger partial charge >= 0.3 is 0 Å². The molecule has 0 saturated carbocycles. The van der Waals surface area contributed by atoms with Crippen molar-refractivity contribution < 1.29 is 4.79 Å². The molecule has 0 N–H and O–H groups in total. The van der Waals surface area contributed by atoms with Crippen LogP contribution in [-0.2, 0) is 4.79 Å². The number of imidazole rings is 1. The highest BCUT2D eigenvalue weighted by molar-refractivity contribution is 6.21. The normalized spacial score (nSPS) is 21.7. The summed E-state index contributed by atoms with van der Waals surface area (Å²) in [4.78, 5) is 19.8.